The molecule has 1 aromatic carbocycles. The molecule has 1 aromatic rings. The molecule has 0 N–H and O–H groups in total. The number of nitrogens with zero attached hydrogens (tertiary/aromatic N) is 1. The lowest BCUT2D eigenvalue weighted by atomic mass is 10.1. The third kappa shape index (κ3) is 5.69. The molecule has 0 radical (unpaired) electrons. The van der Waals surface area contributed by atoms with E-state index in [9.17, 15) is 8.42 Å². The van der Waals surface area contributed by atoms with Gasteiger partial charge in [0.1, 0.15) is 12.4 Å². The van der Waals surface area contributed by atoms with Gasteiger partial charge in [-0.2, -0.15) is 0 Å². The summed E-state index contributed by atoms with van der Waals surface area (Å²) in [5.41, 5.74) is 2.26. The van der Waals surface area contributed by atoms with Crippen molar-refractivity contribution in [3.8, 4) is 5.75 Å². The minimum atomic E-state index is -3.22. The van der Waals surface area contributed by atoms with Crippen molar-refractivity contribution < 1.29 is 13.2 Å². The highest BCUT2D eigenvalue weighted by Gasteiger charge is 2.16. The number of likely N-dealkylation sites (N-methyl/N-ethyl adjacent to an activating group) is 1. The Morgan fingerprint density at radius 3 is 2.35 bits per heavy atom. The Labute approximate surface area is 126 Å². The molecule has 20 heavy (non-hydrogen) atoms. The maximum Gasteiger partial charge on any atom is 0.214 e. The van der Waals surface area contributed by atoms with E-state index in [2.05, 4.69) is 6.07 Å². The second-order valence-electron chi connectivity index (χ2n) is 4.85. The van der Waals surface area contributed by atoms with E-state index in [1.54, 1.807) is 7.05 Å². The molecule has 0 fully saturated rings. The molecule has 0 atom stereocenters. The Hall–Kier alpha value is -0.780. The largest absolute Gasteiger partial charge is 0.492 e. The van der Waals surface area contributed by atoms with Crippen LogP contribution in [0.4, 0.5) is 0 Å². The number of hydrogen-bond acceptors (Lipinski definition) is 3. The average molecular weight is 320 g/mol. The van der Waals surface area contributed by atoms with Gasteiger partial charge >= 0.3 is 0 Å². The van der Waals surface area contributed by atoms with Crippen LogP contribution in [0.2, 0.25) is 0 Å². The van der Waals surface area contributed by atoms with Gasteiger partial charge in [0.05, 0.1) is 5.75 Å². The Kier molecular flexibility index (Phi) is 6.79. The highest BCUT2D eigenvalue weighted by molar-refractivity contribution is 7.89. The smallest absolute Gasteiger partial charge is 0.214 e. The zero-order chi connectivity index (χ0) is 15.2. The summed E-state index contributed by atoms with van der Waals surface area (Å²) in [5, 5.41) is 0. The van der Waals surface area contributed by atoms with Crippen molar-refractivity contribution in [3.63, 3.8) is 0 Å². The quantitative estimate of drug-likeness (QED) is 0.692. The Balaban J connectivity index is 2.47. The number of ether oxygens (including phenoxy) is 1. The summed E-state index contributed by atoms with van der Waals surface area (Å²) in [5.74, 6) is 1.21. The number of aryl methyl sites for hydroxylation is 2. The van der Waals surface area contributed by atoms with Gasteiger partial charge in [0.2, 0.25) is 10.0 Å². The van der Waals surface area contributed by atoms with E-state index in [0.29, 0.717) is 25.5 Å². The topological polar surface area (TPSA) is 46.6 Å². The molecule has 0 amide bonds. The predicted octanol–water partition coefficient (Wildman–Crippen LogP) is 2.57. The molecular formula is C14H22ClNO3S. The van der Waals surface area contributed by atoms with Crippen LogP contribution < -0.4 is 4.74 Å². The maximum atomic E-state index is 11.9. The molecule has 6 heteroatoms. The molecule has 4 nitrogen and oxygen atoms in total. The van der Waals surface area contributed by atoms with Crippen LogP contribution in [-0.2, 0) is 10.0 Å². The van der Waals surface area contributed by atoms with E-state index >= 15 is 0 Å². The zero-order valence-electron chi connectivity index (χ0n) is 12.2. The monoisotopic (exact) mass is 319 g/mol. The molecule has 0 unspecified atom stereocenters. The van der Waals surface area contributed by atoms with Crippen LogP contribution in [0, 0.1) is 13.8 Å². The summed E-state index contributed by atoms with van der Waals surface area (Å²) < 4.78 is 30.6. The minimum Gasteiger partial charge on any atom is -0.492 e. The molecule has 114 valence electrons. The number of rotatable bonds is 8. The van der Waals surface area contributed by atoms with Crippen molar-refractivity contribution in [2.45, 2.75) is 20.3 Å². The normalized spacial score (nSPS) is 11.8. The molecule has 1 rings (SSSR count). The van der Waals surface area contributed by atoms with Crippen LogP contribution in [0.3, 0.4) is 0 Å². The van der Waals surface area contributed by atoms with Crippen LogP contribution in [0.1, 0.15) is 17.5 Å². The Morgan fingerprint density at radius 1 is 1.20 bits per heavy atom. The van der Waals surface area contributed by atoms with Gasteiger partial charge in [-0.15, -0.1) is 11.6 Å². The second-order valence-corrected chi connectivity index (χ2v) is 7.43. The summed E-state index contributed by atoms with van der Waals surface area (Å²) in [4.78, 5) is 0. The third-order valence-electron chi connectivity index (χ3n) is 2.88. The molecule has 0 aliphatic rings. The zero-order valence-corrected chi connectivity index (χ0v) is 13.8. The fraction of sp³-hybridized carbons (Fsp3) is 0.571. The first kappa shape index (κ1) is 17.3. The molecule has 0 saturated carbocycles. The van der Waals surface area contributed by atoms with E-state index in [1.165, 1.54) is 4.31 Å². The van der Waals surface area contributed by atoms with Crippen molar-refractivity contribution in [3.05, 3.63) is 29.3 Å². The average Bonchev–Trinajstić information content (AvgIpc) is 2.35. The number of hydrogen-bond donors (Lipinski definition) is 0. The molecule has 0 aliphatic carbocycles. The number of sulfonamides is 1. The van der Waals surface area contributed by atoms with E-state index in [0.717, 1.165) is 16.9 Å². The Morgan fingerprint density at radius 2 is 1.80 bits per heavy atom. The molecule has 0 aromatic heterocycles. The van der Waals surface area contributed by atoms with Crippen LogP contribution in [-0.4, -0.2) is 44.6 Å². The maximum absolute atomic E-state index is 11.9. The first-order valence-corrected chi connectivity index (χ1v) is 8.70. The number of benzene rings is 1. The SMILES string of the molecule is Cc1cc(C)cc(OCCN(C)S(=O)(=O)CCCCl)c1. The van der Waals surface area contributed by atoms with Gasteiger partial charge in [0.25, 0.3) is 0 Å². The van der Waals surface area contributed by atoms with Gasteiger partial charge in [-0.25, -0.2) is 12.7 Å². The summed E-state index contributed by atoms with van der Waals surface area (Å²) in [6, 6.07) is 5.94. The lowest BCUT2D eigenvalue weighted by Crippen LogP contribution is -2.33. The fourth-order valence-electron chi connectivity index (χ4n) is 1.84. The van der Waals surface area contributed by atoms with Crippen molar-refractivity contribution in [1.82, 2.24) is 4.31 Å². The van der Waals surface area contributed by atoms with E-state index in [-0.39, 0.29) is 5.75 Å². The molecule has 0 heterocycles. The number of alkyl halides is 1. The molecule has 0 saturated heterocycles. The standard InChI is InChI=1S/C14H22ClNO3S/c1-12-9-13(2)11-14(10-12)19-7-6-16(3)20(17,18)8-4-5-15/h9-11H,4-8H2,1-3H3. The highest BCUT2D eigenvalue weighted by atomic mass is 35.5. The summed E-state index contributed by atoms with van der Waals surface area (Å²) in [6.07, 6.45) is 0.464. The summed E-state index contributed by atoms with van der Waals surface area (Å²) >= 11 is 5.52. The lowest BCUT2D eigenvalue weighted by Gasteiger charge is -2.17. The van der Waals surface area contributed by atoms with Crippen molar-refractivity contribution in [2.75, 3.05) is 31.8 Å². The minimum absolute atomic E-state index is 0.0799. The van der Waals surface area contributed by atoms with Gasteiger partial charge < -0.3 is 4.74 Å². The van der Waals surface area contributed by atoms with E-state index < -0.39 is 10.0 Å². The highest BCUT2D eigenvalue weighted by Crippen LogP contribution is 2.16. The van der Waals surface area contributed by atoms with Crippen LogP contribution >= 0.6 is 11.6 Å². The van der Waals surface area contributed by atoms with Gasteiger partial charge in [-0.3, -0.25) is 0 Å². The number of halogens is 1. The summed E-state index contributed by atoms with van der Waals surface area (Å²) in [7, 11) is -1.66. The Bertz CT molecular complexity index is 511. The van der Waals surface area contributed by atoms with E-state index in [1.807, 2.05) is 26.0 Å². The second kappa shape index (κ2) is 7.86. The third-order valence-corrected chi connectivity index (χ3v) is 5.09. The predicted molar refractivity (Wildman–Crippen MR) is 83.2 cm³/mol. The molecule has 0 spiro atoms. The van der Waals surface area contributed by atoms with Crippen molar-refractivity contribution in [2.24, 2.45) is 0 Å². The van der Waals surface area contributed by atoms with Gasteiger partial charge in [0, 0.05) is 19.5 Å². The van der Waals surface area contributed by atoms with Crippen LogP contribution in [0.5, 0.6) is 5.75 Å². The lowest BCUT2D eigenvalue weighted by molar-refractivity contribution is 0.286. The summed E-state index contributed by atoms with van der Waals surface area (Å²) in [6.45, 7) is 4.67. The first-order chi connectivity index (χ1) is 9.35. The van der Waals surface area contributed by atoms with Crippen molar-refractivity contribution in [1.29, 1.82) is 0 Å². The molecule has 0 bridgehead atoms. The fourth-order valence-corrected chi connectivity index (χ4v) is 3.31. The van der Waals surface area contributed by atoms with E-state index in [4.69, 9.17) is 16.3 Å². The van der Waals surface area contributed by atoms with Gasteiger partial charge in [-0.05, 0) is 43.5 Å². The molecule has 0 aliphatic heterocycles. The van der Waals surface area contributed by atoms with Crippen LogP contribution in [0.15, 0.2) is 18.2 Å². The van der Waals surface area contributed by atoms with Gasteiger partial charge in [-0.1, -0.05) is 6.07 Å². The van der Waals surface area contributed by atoms with Gasteiger partial charge in [0.15, 0.2) is 0 Å². The van der Waals surface area contributed by atoms with Crippen LogP contribution in [0.25, 0.3) is 0 Å². The van der Waals surface area contributed by atoms with Crippen molar-refractivity contribution >= 4 is 21.6 Å². The molecular weight excluding hydrogens is 298 g/mol. The first-order valence-electron chi connectivity index (χ1n) is 6.56.